The molecule has 0 atom stereocenters. The smallest absolute Gasteiger partial charge is 0.340 e. The number of amides is 1. The number of thiocarbonyl (C=S) groups is 1. The summed E-state index contributed by atoms with van der Waals surface area (Å²) < 4.78 is 15.7. The molecule has 0 saturated carbocycles. The summed E-state index contributed by atoms with van der Waals surface area (Å²) in [5.41, 5.74) is 0.0939. The number of ether oxygens (including phenoxy) is 2. The summed E-state index contributed by atoms with van der Waals surface area (Å²) >= 11 is 6.27. The van der Waals surface area contributed by atoms with Crippen molar-refractivity contribution >= 4 is 52.5 Å². The zero-order valence-electron chi connectivity index (χ0n) is 14.7. The van der Waals surface area contributed by atoms with Gasteiger partial charge >= 0.3 is 5.97 Å². The molecule has 0 spiro atoms. The Morgan fingerprint density at radius 2 is 2.11 bits per heavy atom. The van der Waals surface area contributed by atoms with Gasteiger partial charge in [0, 0.05) is 11.6 Å². The minimum absolute atomic E-state index is 0.0575. The Bertz CT molecular complexity index is 998. The van der Waals surface area contributed by atoms with Gasteiger partial charge in [0.25, 0.3) is 5.91 Å². The van der Waals surface area contributed by atoms with Crippen molar-refractivity contribution in [3.63, 3.8) is 0 Å². The summed E-state index contributed by atoms with van der Waals surface area (Å²) in [6.07, 6.45) is 4.30. The number of carboxylic acids is 1. The Morgan fingerprint density at radius 3 is 2.71 bits per heavy atom. The summed E-state index contributed by atoms with van der Waals surface area (Å²) in [5, 5.41) is 14.7. The first-order chi connectivity index (χ1) is 13.5. The van der Waals surface area contributed by atoms with Crippen LogP contribution in [0, 0.1) is 0 Å². The summed E-state index contributed by atoms with van der Waals surface area (Å²) in [7, 11) is 2.75. The Balaban J connectivity index is 1.93. The van der Waals surface area contributed by atoms with Crippen molar-refractivity contribution in [1.29, 1.82) is 0 Å². The number of carbonyl (C=O) groups excluding carboxylic acids is 1. The maximum absolute atomic E-state index is 12.5. The van der Waals surface area contributed by atoms with Gasteiger partial charge in [0.05, 0.1) is 31.6 Å². The highest BCUT2D eigenvalue weighted by Crippen LogP contribution is 2.34. The normalized spacial score (nSPS) is 15.6. The first-order valence-electron chi connectivity index (χ1n) is 7.80. The van der Waals surface area contributed by atoms with Crippen LogP contribution in [0.5, 0.6) is 11.5 Å². The molecule has 1 aliphatic rings. The van der Waals surface area contributed by atoms with Gasteiger partial charge in [-0.2, -0.15) is 10.1 Å². The van der Waals surface area contributed by atoms with Gasteiger partial charge in [-0.25, -0.2) is 4.79 Å². The fraction of sp³-hybridized carbons (Fsp3) is 0.111. The maximum atomic E-state index is 12.5. The van der Waals surface area contributed by atoms with E-state index in [1.165, 1.54) is 32.8 Å². The predicted octanol–water partition coefficient (Wildman–Crippen LogP) is 3.23. The molecule has 0 radical (unpaired) electrons. The molecule has 10 heteroatoms. The molecule has 1 amide bonds. The molecule has 1 aromatic carbocycles. The van der Waals surface area contributed by atoms with E-state index in [-0.39, 0.29) is 26.9 Å². The Morgan fingerprint density at radius 1 is 1.32 bits per heavy atom. The van der Waals surface area contributed by atoms with E-state index in [1.807, 2.05) is 0 Å². The number of aromatic carboxylic acids is 1. The summed E-state index contributed by atoms with van der Waals surface area (Å²) in [4.78, 5) is 24.6. The van der Waals surface area contributed by atoms with Crippen LogP contribution in [0.25, 0.3) is 6.08 Å². The van der Waals surface area contributed by atoms with Crippen LogP contribution in [-0.2, 0) is 4.79 Å². The number of hydrogen-bond acceptors (Lipinski definition) is 8. The van der Waals surface area contributed by atoms with Crippen LogP contribution in [0.1, 0.15) is 21.7 Å². The van der Waals surface area contributed by atoms with Crippen LogP contribution >= 0.6 is 24.0 Å². The van der Waals surface area contributed by atoms with Crippen LogP contribution in [0.15, 0.2) is 45.0 Å². The Hall–Kier alpha value is -3.11. The molecular weight excluding hydrogens is 404 g/mol. The lowest BCUT2D eigenvalue weighted by molar-refractivity contribution is -0.122. The minimum Gasteiger partial charge on any atom is -0.493 e. The molecule has 1 fully saturated rings. The highest BCUT2D eigenvalue weighted by Gasteiger charge is 2.32. The molecule has 1 N–H and O–H groups in total. The fourth-order valence-corrected chi connectivity index (χ4v) is 3.60. The van der Waals surface area contributed by atoms with E-state index in [9.17, 15) is 14.7 Å². The molecule has 0 bridgehead atoms. The lowest BCUT2D eigenvalue weighted by atomic mass is 10.1. The van der Waals surface area contributed by atoms with Gasteiger partial charge in [0.2, 0.25) is 0 Å². The zero-order valence-corrected chi connectivity index (χ0v) is 16.4. The first-order valence-corrected chi connectivity index (χ1v) is 9.02. The van der Waals surface area contributed by atoms with E-state index >= 15 is 0 Å². The molecule has 0 aliphatic carbocycles. The van der Waals surface area contributed by atoms with Gasteiger partial charge in [0.1, 0.15) is 11.3 Å². The standard InChI is InChI=1S/C18H14N2O6S2/c1-24-12-6-5-10(14(17(22)23)15(12)25-2)9-19-20-16(21)13(28-18(20)27)8-11-4-3-7-26-11/h3-9H,1-2H3,(H,22,23)/b13-8+,19-9+. The lowest BCUT2D eigenvalue weighted by Gasteiger charge is -2.13. The second-order valence-electron chi connectivity index (χ2n) is 5.32. The third-order valence-corrected chi connectivity index (χ3v) is 4.98. The van der Waals surface area contributed by atoms with Crippen LogP contribution in [0.4, 0.5) is 0 Å². The van der Waals surface area contributed by atoms with Crippen LogP contribution < -0.4 is 9.47 Å². The van der Waals surface area contributed by atoms with Crippen molar-refractivity contribution in [2.75, 3.05) is 14.2 Å². The van der Waals surface area contributed by atoms with Gasteiger partial charge < -0.3 is 19.0 Å². The van der Waals surface area contributed by atoms with E-state index < -0.39 is 11.9 Å². The number of methoxy groups -OCH3 is 2. The van der Waals surface area contributed by atoms with Crippen molar-refractivity contribution in [3.8, 4) is 11.5 Å². The molecular formula is C18H14N2O6S2. The average molecular weight is 418 g/mol. The number of carboxylic acid groups (broad SMARTS) is 1. The molecule has 3 rings (SSSR count). The number of carbonyl (C=O) groups is 2. The summed E-state index contributed by atoms with van der Waals surface area (Å²) in [6, 6.07) is 6.46. The number of nitrogens with zero attached hydrogens (tertiary/aromatic N) is 2. The third kappa shape index (κ3) is 3.78. The maximum Gasteiger partial charge on any atom is 0.340 e. The SMILES string of the molecule is COc1ccc(/C=N/N2C(=O)/C(=C\c3ccco3)SC2=S)c(C(=O)O)c1OC. The van der Waals surface area contributed by atoms with Crippen molar-refractivity contribution in [2.24, 2.45) is 5.10 Å². The average Bonchev–Trinajstić information content (AvgIpc) is 3.28. The number of benzene rings is 1. The highest BCUT2D eigenvalue weighted by atomic mass is 32.2. The van der Waals surface area contributed by atoms with E-state index in [1.54, 1.807) is 24.3 Å². The number of hydrazone groups is 1. The van der Waals surface area contributed by atoms with Gasteiger partial charge in [-0.05, 0) is 36.5 Å². The monoisotopic (exact) mass is 418 g/mol. The molecule has 1 aliphatic heterocycles. The molecule has 144 valence electrons. The molecule has 2 aromatic rings. The number of rotatable bonds is 6. The van der Waals surface area contributed by atoms with Crippen LogP contribution in [-0.4, -0.2) is 46.7 Å². The molecule has 2 heterocycles. The van der Waals surface area contributed by atoms with Gasteiger partial charge in [-0.15, -0.1) is 0 Å². The van der Waals surface area contributed by atoms with Crippen molar-refractivity contribution in [1.82, 2.24) is 5.01 Å². The third-order valence-electron chi connectivity index (χ3n) is 3.69. The van der Waals surface area contributed by atoms with Crippen molar-refractivity contribution in [3.05, 3.63) is 52.3 Å². The van der Waals surface area contributed by atoms with Gasteiger partial charge in [-0.1, -0.05) is 11.8 Å². The van der Waals surface area contributed by atoms with E-state index in [2.05, 4.69) is 5.10 Å². The largest absolute Gasteiger partial charge is 0.493 e. The van der Waals surface area contributed by atoms with E-state index in [0.29, 0.717) is 10.7 Å². The number of thioether (sulfide) groups is 1. The molecule has 1 saturated heterocycles. The summed E-state index contributed by atoms with van der Waals surface area (Å²) in [6.45, 7) is 0. The van der Waals surface area contributed by atoms with E-state index in [4.69, 9.17) is 26.1 Å². The topological polar surface area (TPSA) is 102 Å². The molecule has 0 unspecified atom stereocenters. The predicted molar refractivity (Wildman–Crippen MR) is 108 cm³/mol. The minimum atomic E-state index is -1.22. The van der Waals surface area contributed by atoms with E-state index in [0.717, 1.165) is 16.8 Å². The molecule has 28 heavy (non-hydrogen) atoms. The fourth-order valence-electron chi connectivity index (χ4n) is 2.45. The highest BCUT2D eigenvalue weighted by molar-refractivity contribution is 8.26. The second kappa shape index (κ2) is 8.28. The van der Waals surface area contributed by atoms with Crippen LogP contribution in [0.3, 0.4) is 0 Å². The van der Waals surface area contributed by atoms with Gasteiger partial charge in [-0.3, -0.25) is 4.79 Å². The summed E-state index contributed by atoms with van der Waals surface area (Å²) in [5.74, 6) is -0.816. The van der Waals surface area contributed by atoms with Crippen LogP contribution in [0.2, 0.25) is 0 Å². The number of hydrogen-bond donors (Lipinski definition) is 1. The first kappa shape index (κ1) is 19.6. The van der Waals surface area contributed by atoms with Crippen molar-refractivity contribution in [2.45, 2.75) is 0 Å². The lowest BCUT2D eigenvalue weighted by Crippen LogP contribution is -2.22. The number of furan rings is 1. The molecule has 8 nitrogen and oxygen atoms in total. The Labute approximate surface area is 169 Å². The van der Waals surface area contributed by atoms with Crippen molar-refractivity contribution < 1.29 is 28.6 Å². The quantitative estimate of drug-likeness (QED) is 0.433. The zero-order chi connectivity index (χ0) is 20.3. The Kier molecular flexibility index (Phi) is 5.81. The van der Waals surface area contributed by atoms with Gasteiger partial charge in [0.15, 0.2) is 15.8 Å². The second-order valence-corrected chi connectivity index (χ2v) is 7.00. The molecule has 1 aromatic heterocycles.